The minimum absolute atomic E-state index is 0.0578. The molecule has 2 heterocycles. The van der Waals surface area contributed by atoms with E-state index in [1.165, 1.54) is 0 Å². The molecular weight excluding hydrogens is 328 g/mol. The number of fused-ring (bicyclic) bond motifs is 2. The van der Waals surface area contributed by atoms with Crippen molar-refractivity contribution < 1.29 is 4.79 Å². The molecule has 1 aliphatic rings. The Bertz CT molecular complexity index is 724. The van der Waals surface area contributed by atoms with Crippen LogP contribution in [0.15, 0.2) is 41.0 Å². The summed E-state index contributed by atoms with van der Waals surface area (Å²) in [5.74, 6) is 0.0578. The third kappa shape index (κ3) is 3.05. The summed E-state index contributed by atoms with van der Waals surface area (Å²) in [5.41, 5.74) is 4.23. The third-order valence-corrected chi connectivity index (χ3v) is 4.05. The number of nitrogens with zero attached hydrogens (tertiary/aromatic N) is 2. The number of halogens is 1. The van der Waals surface area contributed by atoms with Crippen LogP contribution in [0.5, 0.6) is 0 Å². The van der Waals surface area contributed by atoms with E-state index in [0.29, 0.717) is 13.1 Å². The molecule has 0 fully saturated rings. The fourth-order valence-electron chi connectivity index (χ4n) is 2.44. The van der Waals surface area contributed by atoms with Gasteiger partial charge in [-0.2, -0.15) is 0 Å². The van der Waals surface area contributed by atoms with E-state index in [2.05, 4.69) is 45.2 Å². The molecule has 1 aromatic carbocycles. The van der Waals surface area contributed by atoms with Crippen molar-refractivity contribution in [2.75, 3.05) is 0 Å². The lowest BCUT2D eigenvalue weighted by Gasteiger charge is -2.21. The van der Waals surface area contributed by atoms with Gasteiger partial charge in [0, 0.05) is 24.1 Å². The zero-order valence-corrected chi connectivity index (χ0v) is 13.3. The maximum atomic E-state index is 11.9. The topological polar surface area (TPSA) is 33.2 Å². The number of carbonyl (C=O) groups excluding carboxylic acids is 1. The second kappa shape index (κ2) is 5.82. The van der Waals surface area contributed by atoms with Crippen LogP contribution >= 0.6 is 15.9 Å². The summed E-state index contributed by atoms with van der Waals surface area (Å²) in [7, 11) is 0. The molecule has 106 valence electrons. The van der Waals surface area contributed by atoms with Gasteiger partial charge in [-0.15, -0.1) is 0 Å². The summed E-state index contributed by atoms with van der Waals surface area (Å²) >= 11 is 3.45. The smallest absolute Gasteiger partial charge is 0.220 e. The molecule has 1 aromatic heterocycles. The van der Waals surface area contributed by atoms with E-state index in [1.54, 1.807) is 13.1 Å². The molecule has 0 atom stereocenters. The average molecular weight is 343 g/mol. The van der Waals surface area contributed by atoms with Crippen LogP contribution in [-0.4, -0.2) is 15.8 Å². The van der Waals surface area contributed by atoms with Crippen LogP contribution < -0.4 is 0 Å². The van der Waals surface area contributed by atoms with Gasteiger partial charge in [0.25, 0.3) is 0 Å². The predicted octanol–water partition coefficient (Wildman–Crippen LogP) is 3.88. The summed E-state index contributed by atoms with van der Waals surface area (Å²) in [4.78, 5) is 18.2. The zero-order valence-electron chi connectivity index (χ0n) is 11.7. The van der Waals surface area contributed by atoms with Crippen molar-refractivity contribution in [3.05, 3.63) is 63.4 Å². The molecule has 21 heavy (non-hydrogen) atoms. The highest BCUT2D eigenvalue weighted by Crippen LogP contribution is 2.23. The molecule has 0 spiro atoms. The number of rotatable bonds is 0. The Labute approximate surface area is 132 Å². The van der Waals surface area contributed by atoms with Gasteiger partial charge in [-0.1, -0.05) is 36.4 Å². The minimum atomic E-state index is 0.0578. The van der Waals surface area contributed by atoms with Crippen LogP contribution in [0.25, 0.3) is 12.2 Å². The second-order valence-electron chi connectivity index (χ2n) is 5.10. The zero-order chi connectivity index (χ0) is 14.8. The average Bonchev–Trinajstić information content (AvgIpc) is 2.54. The third-order valence-electron chi connectivity index (χ3n) is 3.62. The number of hydrogen-bond acceptors (Lipinski definition) is 2. The molecule has 1 amide bonds. The van der Waals surface area contributed by atoms with Crippen LogP contribution in [0.1, 0.15) is 29.3 Å². The number of hydrogen-bond donors (Lipinski definition) is 0. The van der Waals surface area contributed by atoms with Gasteiger partial charge in [-0.05, 0) is 38.7 Å². The largest absolute Gasteiger partial charge is 0.333 e. The Kier molecular flexibility index (Phi) is 3.88. The second-order valence-corrected chi connectivity index (χ2v) is 6.01. The van der Waals surface area contributed by atoms with Crippen LogP contribution in [0.2, 0.25) is 0 Å². The van der Waals surface area contributed by atoms with E-state index in [0.717, 1.165) is 26.9 Å². The number of pyridine rings is 1. The van der Waals surface area contributed by atoms with E-state index >= 15 is 0 Å². The lowest BCUT2D eigenvalue weighted by molar-refractivity contribution is -0.130. The number of benzene rings is 1. The quantitative estimate of drug-likeness (QED) is 0.727. The summed E-state index contributed by atoms with van der Waals surface area (Å²) < 4.78 is 0.938. The lowest BCUT2D eigenvalue weighted by Crippen LogP contribution is -2.28. The molecule has 0 saturated carbocycles. The van der Waals surface area contributed by atoms with E-state index < -0.39 is 0 Å². The number of carbonyl (C=O) groups is 1. The molecule has 0 bridgehead atoms. The van der Waals surface area contributed by atoms with Crippen molar-refractivity contribution >= 4 is 34.0 Å². The maximum absolute atomic E-state index is 11.9. The van der Waals surface area contributed by atoms with Crippen LogP contribution in [0.3, 0.4) is 0 Å². The normalized spacial score (nSPS) is 15.2. The first-order valence-electron chi connectivity index (χ1n) is 6.79. The molecular formula is C17H15BrN2O. The van der Waals surface area contributed by atoms with Gasteiger partial charge in [-0.3, -0.25) is 9.78 Å². The van der Waals surface area contributed by atoms with Gasteiger partial charge < -0.3 is 4.90 Å². The molecule has 3 rings (SSSR count). The first-order valence-corrected chi connectivity index (χ1v) is 7.59. The van der Waals surface area contributed by atoms with Gasteiger partial charge in [-0.25, -0.2) is 0 Å². The molecule has 0 N–H and O–H groups in total. The molecule has 0 saturated heterocycles. The van der Waals surface area contributed by atoms with Gasteiger partial charge in [0.1, 0.15) is 0 Å². The Hall–Kier alpha value is -1.94. The minimum Gasteiger partial charge on any atom is -0.333 e. The van der Waals surface area contributed by atoms with E-state index in [9.17, 15) is 4.79 Å². The van der Waals surface area contributed by atoms with E-state index in [4.69, 9.17) is 0 Å². The lowest BCUT2D eigenvalue weighted by atomic mass is 10.1. The molecule has 4 heteroatoms. The molecule has 0 aliphatic carbocycles. The Balaban J connectivity index is 2.13. The van der Waals surface area contributed by atoms with E-state index in [1.807, 2.05) is 23.1 Å². The van der Waals surface area contributed by atoms with Gasteiger partial charge in [0.05, 0.1) is 12.2 Å². The standard InChI is InChI=1S/C17H15BrN2O/c1-12(21)20-10-15-5-3-2-4-13(15)6-7-14-8-16(18)9-19-17(14)11-20/h2-9H,10-11H2,1H3/b7-6-. The van der Waals surface area contributed by atoms with Gasteiger partial charge in [0.2, 0.25) is 5.91 Å². The fourth-order valence-corrected chi connectivity index (χ4v) is 2.79. The van der Waals surface area contributed by atoms with Crippen molar-refractivity contribution in [2.45, 2.75) is 20.0 Å². The molecule has 3 nitrogen and oxygen atoms in total. The maximum Gasteiger partial charge on any atom is 0.220 e. The molecule has 0 radical (unpaired) electrons. The van der Waals surface area contributed by atoms with Crippen LogP contribution in [0.4, 0.5) is 0 Å². The Morgan fingerprint density at radius 2 is 1.95 bits per heavy atom. The first-order chi connectivity index (χ1) is 10.1. The molecule has 0 unspecified atom stereocenters. The monoisotopic (exact) mass is 342 g/mol. The van der Waals surface area contributed by atoms with Crippen molar-refractivity contribution in [3.8, 4) is 0 Å². The van der Waals surface area contributed by atoms with Gasteiger partial charge in [0.15, 0.2) is 0 Å². The van der Waals surface area contributed by atoms with Crippen LogP contribution in [-0.2, 0) is 17.9 Å². The van der Waals surface area contributed by atoms with Gasteiger partial charge >= 0.3 is 0 Å². The highest BCUT2D eigenvalue weighted by atomic mass is 79.9. The van der Waals surface area contributed by atoms with Crippen molar-refractivity contribution in [2.24, 2.45) is 0 Å². The summed E-state index contributed by atoms with van der Waals surface area (Å²) in [6, 6.07) is 10.2. The summed E-state index contributed by atoms with van der Waals surface area (Å²) in [5, 5.41) is 0. The predicted molar refractivity (Wildman–Crippen MR) is 87.2 cm³/mol. The highest BCUT2D eigenvalue weighted by molar-refractivity contribution is 9.10. The fraction of sp³-hybridized carbons (Fsp3) is 0.176. The summed E-state index contributed by atoms with van der Waals surface area (Å²) in [6.07, 6.45) is 5.93. The SMILES string of the molecule is CC(=O)N1Cc2ccccc2/C=C\c2cc(Br)cnc2C1. The molecule has 2 aromatic rings. The summed E-state index contributed by atoms with van der Waals surface area (Å²) in [6.45, 7) is 2.73. The van der Waals surface area contributed by atoms with Crippen molar-refractivity contribution in [1.82, 2.24) is 9.88 Å². The highest BCUT2D eigenvalue weighted by Gasteiger charge is 2.16. The van der Waals surface area contributed by atoms with Crippen molar-refractivity contribution in [1.29, 1.82) is 0 Å². The Morgan fingerprint density at radius 1 is 1.19 bits per heavy atom. The first kappa shape index (κ1) is 14.0. The van der Waals surface area contributed by atoms with Crippen LogP contribution in [0, 0.1) is 0 Å². The number of aromatic nitrogens is 1. The molecule has 1 aliphatic heterocycles. The Morgan fingerprint density at radius 3 is 2.76 bits per heavy atom. The number of amides is 1. The van der Waals surface area contributed by atoms with Crippen molar-refractivity contribution in [3.63, 3.8) is 0 Å². The van der Waals surface area contributed by atoms with E-state index in [-0.39, 0.29) is 5.91 Å².